The Morgan fingerprint density at radius 2 is 1.91 bits per heavy atom. The van der Waals surface area contributed by atoms with E-state index in [0.29, 0.717) is 0 Å². The molecule has 0 bridgehead atoms. The van der Waals surface area contributed by atoms with Crippen molar-refractivity contribution in [3.05, 3.63) is 35.9 Å². The van der Waals surface area contributed by atoms with E-state index in [2.05, 4.69) is 32.2 Å². The van der Waals surface area contributed by atoms with E-state index in [-0.39, 0.29) is 6.10 Å². The molecule has 1 atom stereocenters. The van der Waals surface area contributed by atoms with Gasteiger partial charge in [-0.25, -0.2) is 0 Å². The lowest BCUT2D eigenvalue weighted by atomic mass is 10.1. The van der Waals surface area contributed by atoms with Gasteiger partial charge >= 0.3 is 0 Å². The lowest BCUT2D eigenvalue weighted by Gasteiger charge is -2.09. The maximum absolute atomic E-state index is 5.05. The summed E-state index contributed by atoms with van der Waals surface area (Å²) in [6, 6.07) is 10.1. The fourth-order valence-corrected chi connectivity index (χ4v) is 2.04. The van der Waals surface area contributed by atoms with E-state index in [9.17, 15) is 0 Å². The Morgan fingerprint density at radius 1 is 1.27 bits per heavy atom. The number of rotatable bonds is 3. The van der Waals surface area contributed by atoms with Crippen molar-refractivity contribution in [3.63, 3.8) is 0 Å². The summed E-state index contributed by atoms with van der Waals surface area (Å²) in [5, 5.41) is 0.794. The molecule has 11 heavy (non-hydrogen) atoms. The summed E-state index contributed by atoms with van der Waals surface area (Å²) in [7, 11) is 0. The average Bonchev–Trinajstić information content (AvgIpc) is 2.09. The van der Waals surface area contributed by atoms with Gasteiger partial charge in [0, 0.05) is 5.33 Å². The molecule has 0 aliphatic rings. The first-order chi connectivity index (χ1) is 5.38. The predicted molar refractivity (Wildman–Crippen MR) is 53.0 cm³/mol. The van der Waals surface area contributed by atoms with E-state index in [1.165, 1.54) is 5.56 Å². The van der Waals surface area contributed by atoms with Crippen LogP contribution in [0.1, 0.15) is 11.7 Å². The second-order valence-electron chi connectivity index (χ2n) is 2.14. The first-order valence-electron chi connectivity index (χ1n) is 3.26. The quantitative estimate of drug-likeness (QED) is 0.770. The lowest BCUT2D eigenvalue weighted by molar-refractivity contribution is 0.299. The van der Waals surface area contributed by atoms with Crippen LogP contribution in [0.4, 0.5) is 0 Å². The highest BCUT2D eigenvalue weighted by atomic mass is 79.9. The fraction of sp³-hybridized carbons (Fsp3) is 0.250. The second-order valence-corrected chi connectivity index (χ2v) is 3.16. The van der Waals surface area contributed by atoms with E-state index in [1.807, 2.05) is 30.3 Å². The highest BCUT2D eigenvalue weighted by Crippen LogP contribution is 2.21. The summed E-state index contributed by atoms with van der Waals surface area (Å²) in [5.41, 5.74) is 1.17. The molecule has 60 valence electrons. The molecule has 0 aliphatic carbocycles. The average molecular weight is 280 g/mol. The van der Waals surface area contributed by atoms with Crippen LogP contribution in [0.25, 0.3) is 0 Å². The Hall–Kier alpha value is 0.140. The van der Waals surface area contributed by atoms with Crippen molar-refractivity contribution >= 4 is 32.2 Å². The van der Waals surface area contributed by atoms with Crippen molar-refractivity contribution in [2.75, 3.05) is 5.33 Å². The molecule has 3 heteroatoms. The van der Waals surface area contributed by atoms with Crippen molar-refractivity contribution in [2.24, 2.45) is 0 Å². The third-order valence-corrected chi connectivity index (χ3v) is 2.46. The number of hydrogen-bond donors (Lipinski definition) is 0. The molecule has 0 aliphatic heterocycles. The molecule has 0 saturated heterocycles. The van der Waals surface area contributed by atoms with Crippen LogP contribution in [-0.4, -0.2) is 5.33 Å². The van der Waals surface area contributed by atoms with Gasteiger partial charge in [0.05, 0.1) is 16.3 Å². The maximum Gasteiger partial charge on any atom is 0.107 e. The van der Waals surface area contributed by atoms with Gasteiger partial charge in [-0.15, -0.1) is 0 Å². The Balaban J connectivity index is 2.74. The van der Waals surface area contributed by atoms with Crippen molar-refractivity contribution in [1.29, 1.82) is 0 Å². The normalized spacial score (nSPS) is 12.9. The highest BCUT2D eigenvalue weighted by Gasteiger charge is 2.07. The summed E-state index contributed by atoms with van der Waals surface area (Å²) in [4.78, 5) is 0. The molecule has 0 amide bonds. The number of alkyl halides is 1. The SMILES string of the molecule is BrCC(OBr)c1ccccc1. The van der Waals surface area contributed by atoms with Gasteiger partial charge in [0.1, 0.15) is 6.10 Å². The van der Waals surface area contributed by atoms with Crippen molar-refractivity contribution in [2.45, 2.75) is 6.10 Å². The molecule has 0 spiro atoms. The summed E-state index contributed by atoms with van der Waals surface area (Å²) in [6.45, 7) is 0. The molecule has 0 aromatic heterocycles. The molecule has 0 saturated carbocycles. The van der Waals surface area contributed by atoms with Gasteiger partial charge in [-0.2, -0.15) is 0 Å². The molecule has 1 unspecified atom stereocenters. The molecule has 0 heterocycles. The zero-order valence-electron chi connectivity index (χ0n) is 5.84. The van der Waals surface area contributed by atoms with Crippen LogP contribution in [0.3, 0.4) is 0 Å². The molecule has 1 rings (SSSR count). The molecule has 0 fully saturated rings. The van der Waals surface area contributed by atoms with Crippen molar-refractivity contribution < 1.29 is 3.83 Å². The third-order valence-electron chi connectivity index (χ3n) is 1.42. The van der Waals surface area contributed by atoms with Crippen LogP contribution in [0.15, 0.2) is 30.3 Å². The zero-order chi connectivity index (χ0) is 8.10. The Morgan fingerprint density at radius 3 is 2.36 bits per heavy atom. The smallest absolute Gasteiger partial charge is 0.107 e. The van der Waals surface area contributed by atoms with Gasteiger partial charge < -0.3 is 0 Å². The van der Waals surface area contributed by atoms with Crippen molar-refractivity contribution in [3.8, 4) is 0 Å². The van der Waals surface area contributed by atoms with Crippen molar-refractivity contribution in [1.82, 2.24) is 0 Å². The van der Waals surface area contributed by atoms with Crippen LogP contribution in [0.2, 0.25) is 0 Å². The largest absolute Gasteiger partial charge is 0.299 e. The van der Waals surface area contributed by atoms with Crippen LogP contribution in [-0.2, 0) is 3.83 Å². The Labute approximate surface area is 83.3 Å². The third kappa shape index (κ3) is 2.58. The topological polar surface area (TPSA) is 9.23 Å². The van der Waals surface area contributed by atoms with E-state index in [4.69, 9.17) is 3.83 Å². The minimum atomic E-state index is 0.0937. The van der Waals surface area contributed by atoms with Gasteiger partial charge in [-0.05, 0) is 5.56 Å². The number of halogens is 2. The Kier molecular flexibility index (Phi) is 4.12. The molecule has 1 nitrogen and oxygen atoms in total. The minimum absolute atomic E-state index is 0.0937. The highest BCUT2D eigenvalue weighted by molar-refractivity contribution is 9.09. The molecule has 1 aromatic carbocycles. The zero-order valence-corrected chi connectivity index (χ0v) is 9.01. The summed E-state index contributed by atoms with van der Waals surface area (Å²) >= 11 is 6.34. The van der Waals surface area contributed by atoms with Gasteiger partial charge in [0.25, 0.3) is 0 Å². The minimum Gasteiger partial charge on any atom is -0.299 e. The van der Waals surface area contributed by atoms with E-state index < -0.39 is 0 Å². The van der Waals surface area contributed by atoms with Gasteiger partial charge in [0.2, 0.25) is 0 Å². The standard InChI is InChI=1S/C8H8Br2O/c9-6-8(11-10)7-4-2-1-3-5-7/h1-5,8H,6H2. The molecular formula is C8H8Br2O. The van der Waals surface area contributed by atoms with Crippen LogP contribution in [0, 0.1) is 0 Å². The van der Waals surface area contributed by atoms with E-state index in [1.54, 1.807) is 0 Å². The summed E-state index contributed by atoms with van der Waals surface area (Å²) in [6.07, 6.45) is 0.0937. The maximum atomic E-state index is 5.05. The first-order valence-corrected chi connectivity index (χ1v) is 5.03. The van der Waals surface area contributed by atoms with E-state index in [0.717, 1.165) is 5.33 Å². The van der Waals surface area contributed by atoms with Gasteiger partial charge in [-0.1, -0.05) is 46.3 Å². The number of hydrogen-bond acceptors (Lipinski definition) is 1. The lowest BCUT2D eigenvalue weighted by Crippen LogP contribution is -1.98. The Bertz CT molecular complexity index is 197. The molecular weight excluding hydrogens is 272 g/mol. The fourth-order valence-electron chi connectivity index (χ4n) is 0.832. The van der Waals surface area contributed by atoms with Crippen LogP contribution < -0.4 is 0 Å². The van der Waals surface area contributed by atoms with Crippen LogP contribution >= 0.6 is 32.2 Å². The van der Waals surface area contributed by atoms with Gasteiger partial charge in [0.15, 0.2) is 0 Å². The number of benzene rings is 1. The summed E-state index contributed by atoms with van der Waals surface area (Å²) < 4.78 is 5.05. The van der Waals surface area contributed by atoms with Gasteiger partial charge in [-0.3, -0.25) is 3.83 Å². The molecule has 1 aromatic rings. The molecule has 0 radical (unpaired) electrons. The second kappa shape index (κ2) is 4.91. The predicted octanol–water partition coefficient (Wildman–Crippen LogP) is 3.45. The molecule has 0 N–H and O–H groups in total. The van der Waals surface area contributed by atoms with E-state index >= 15 is 0 Å². The summed E-state index contributed by atoms with van der Waals surface area (Å²) in [5.74, 6) is 0. The van der Waals surface area contributed by atoms with Crippen LogP contribution in [0.5, 0.6) is 0 Å². The monoisotopic (exact) mass is 278 g/mol. The first kappa shape index (κ1) is 9.23.